The Morgan fingerprint density at radius 3 is 2.88 bits per heavy atom. The number of aromatic nitrogens is 1. The molecule has 7 heteroatoms. The van der Waals surface area contributed by atoms with Crippen molar-refractivity contribution in [3.63, 3.8) is 0 Å². The summed E-state index contributed by atoms with van der Waals surface area (Å²) in [5.74, 6) is 1.07. The fourth-order valence-corrected chi connectivity index (χ4v) is 2.69. The molecule has 0 aliphatic carbocycles. The maximum atomic E-state index is 12.0. The summed E-state index contributed by atoms with van der Waals surface area (Å²) in [4.78, 5) is 22.5. The van der Waals surface area contributed by atoms with E-state index in [0.29, 0.717) is 0 Å². The van der Waals surface area contributed by atoms with Gasteiger partial charge in [-0.2, -0.15) is 0 Å². The van der Waals surface area contributed by atoms with Crippen LogP contribution in [0, 0.1) is 5.92 Å². The molecule has 1 saturated heterocycles. The van der Waals surface area contributed by atoms with Crippen LogP contribution >= 0.6 is 24.0 Å². The van der Waals surface area contributed by atoms with Crippen molar-refractivity contribution in [1.82, 2.24) is 20.5 Å². The minimum atomic E-state index is 0. The Kier molecular flexibility index (Phi) is 9.02. The van der Waals surface area contributed by atoms with Crippen molar-refractivity contribution in [2.45, 2.75) is 32.7 Å². The molecule has 2 rings (SSSR count). The van der Waals surface area contributed by atoms with Crippen molar-refractivity contribution >= 4 is 35.8 Å². The van der Waals surface area contributed by atoms with Crippen LogP contribution in [0.15, 0.2) is 29.4 Å². The summed E-state index contributed by atoms with van der Waals surface area (Å²) in [6.07, 6.45) is 3.62. The highest BCUT2D eigenvalue weighted by molar-refractivity contribution is 14.0. The maximum Gasteiger partial charge on any atom is 0.225 e. The standard InChI is InChI=1S/C17H27N5O.HI/c1-13(2)16(23)22-11-8-15(12-22)21-17(18-3)20-10-7-14-6-4-5-9-19-14;/h4-6,9,13,15H,7-8,10-12H2,1-3H3,(H2,18,20,21);1H. The van der Waals surface area contributed by atoms with Crippen molar-refractivity contribution in [3.8, 4) is 0 Å². The largest absolute Gasteiger partial charge is 0.356 e. The molecule has 1 aromatic heterocycles. The third kappa shape index (κ3) is 6.26. The summed E-state index contributed by atoms with van der Waals surface area (Å²) >= 11 is 0. The van der Waals surface area contributed by atoms with Crippen molar-refractivity contribution in [1.29, 1.82) is 0 Å². The minimum Gasteiger partial charge on any atom is -0.356 e. The van der Waals surface area contributed by atoms with Crippen LogP contribution in [-0.2, 0) is 11.2 Å². The number of hydrogen-bond acceptors (Lipinski definition) is 3. The zero-order valence-corrected chi connectivity index (χ0v) is 17.0. The number of carbonyl (C=O) groups excluding carboxylic acids is 1. The lowest BCUT2D eigenvalue weighted by atomic mass is 10.2. The van der Waals surface area contributed by atoms with Gasteiger partial charge >= 0.3 is 0 Å². The molecule has 0 aromatic carbocycles. The van der Waals surface area contributed by atoms with Gasteiger partial charge in [-0.15, -0.1) is 24.0 Å². The summed E-state index contributed by atoms with van der Waals surface area (Å²) in [5, 5.41) is 6.71. The number of amides is 1. The Labute approximate surface area is 161 Å². The third-order valence-corrected chi connectivity index (χ3v) is 3.96. The lowest BCUT2D eigenvalue weighted by Gasteiger charge is -2.20. The summed E-state index contributed by atoms with van der Waals surface area (Å²) in [6, 6.07) is 6.19. The first kappa shape index (κ1) is 20.7. The zero-order valence-electron chi connectivity index (χ0n) is 14.7. The van der Waals surface area contributed by atoms with Crippen molar-refractivity contribution in [3.05, 3.63) is 30.1 Å². The number of hydrogen-bond donors (Lipinski definition) is 2. The third-order valence-electron chi connectivity index (χ3n) is 3.96. The number of likely N-dealkylation sites (tertiary alicyclic amines) is 1. The molecule has 1 aliphatic rings. The van der Waals surface area contributed by atoms with Gasteiger partial charge in [0.1, 0.15) is 0 Å². The van der Waals surface area contributed by atoms with E-state index in [-0.39, 0.29) is 41.8 Å². The molecular formula is C17H28IN5O. The molecule has 1 unspecified atom stereocenters. The molecular weight excluding hydrogens is 417 g/mol. The first-order chi connectivity index (χ1) is 11.1. The molecule has 6 nitrogen and oxygen atoms in total. The fraction of sp³-hybridized carbons (Fsp3) is 0.588. The van der Waals surface area contributed by atoms with Gasteiger partial charge in [0.2, 0.25) is 5.91 Å². The number of nitrogens with one attached hydrogen (secondary N) is 2. The lowest BCUT2D eigenvalue weighted by Crippen LogP contribution is -2.45. The summed E-state index contributed by atoms with van der Waals surface area (Å²) in [7, 11) is 1.77. The second kappa shape index (κ2) is 10.5. The average Bonchev–Trinajstić information content (AvgIpc) is 3.02. The Morgan fingerprint density at radius 1 is 1.46 bits per heavy atom. The van der Waals surface area contributed by atoms with Crippen LogP contribution < -0.4 is 10.6 Å². The number of carbonyl (C=O) groups is 1. The smallest absolute Gasteiger partial charge is 0.225 e. The van der Waals surface area contributed by atoms with E-state index < -0.39 is 0 Å². The number of rotatable bonds is 5. The van der Waals surface area contributed by atoms with Gasteiger partial charge in [-0.05, 0) is 18.6 Å². The van der Waals surface area contributed by atoms with E-state index in [1.54, 1.807) is 13.2 Å². The first-order valence-electron chi connectivity index (χ1n) is 8.26. The molecule has 1 aromatic rings. The molecule has 1 fully saturated rings. The average molecular weight is 445 g/mol. The van der Waals surface area contributed by atoms with Gasteiger partial charge in [0.25, 0.3) is 0 Å². The van der Waals surface area contributed by atoms with Crippen LogP contribution in [0.25, 0.3) is 0 Å². The Hall–Kier alpha value is -1.38. The lowest BCUT2D eigenvalue weighted by molar-refractivity contribution is -0.133. The highest BCUT2D eigenvalue weighted by Gasteiger charge is 2.27. The zero-order chi connectivity index (χ0) is 16.7. The van der Waals surface area contributed by atoms with Crippen LogP contribution in [0.5, 0.6) is 0 Å². The Balaban J connectivity index is 0.00000288. The molecule has 1 atom stereocenters. The highest BCUT2D eigenvalue weighted by Crippen LogP contribution is 2.12. The number of aliphatic imine (C=N–C) groups is 1. The number of pyridine rings is 1. The summed E-state index contributed by atoms with van der Waals surface area (Å²) in [6.45, 7) is 6.23. The van der Waals surface area contributed by atoms with E-state index in [1.165, 1.54) is 0 Å². The molecule has 2 heterocycles. The quantitative estimate of drug-likeness (QED) is 0.411. The molecule has 0 bridgehead atoms. The van der Waals surface area contributed by atoms with E-state index in [2.05, 4.69) is 20.6 Å². The van der Waals surface area contributed by atoms with E-state index in [0.717, 1.165) is 44.1 Å². The Morgan fingerprint density at radius 2 is 2.25 bits per heavy atom. The van der Waals surface area contributed by atoms with Crippen molar-refractivity contribution in [2.75, 3.05) is 26.7 Å². The second-order valence-corrected chi connectivity index (χ2v) is 6.14. The normalized spacial score (nSPS) is 17.6. The van der Waals surface area contributed by atoms with Gasteiger partial charge in [-0.25, -0.2) is 0 Å². The SMILES string of the molecule is CN=C(NCCc1ccccn1)NC1CCN(C(=O)C(C)C)C1.I. The predicted molar refractivity (Wildman–Crippen MR) is 108 cm³/mol. The van der Waals surface area contributed by atoms with Gasteiger partial charge in [0.15, 0.2) is 5.96 Å². The maximum absolute atomic E-state index is 12.0. The van der Waals surface area contributed by atoms with Gasteiger partial charge in [0.05, 0.1) is 0 Å². The van der Waals surface area contributed by atoms with Gasteiger partial charge < -0.3 is 15.5 Å². The van der Waals surface area contributed by atoms with Gasteiger partial charge in [0, 0.05) is 57.0 Å². The van der Waals surface area contributed by atoms with Crippen LogP contribution in [-0.4, -0.2) is 54.5 Å². The van der Waals surface area contributed by atoms with Crippen LogP contribution in [0.2, 0.25) is 0 Å². The molecule has 2 N–H and O–H groups in total. The van der Waals surface area contributed by atoms with E-state index in [4.69, 9.17) is 0 Å². The van der Waals surface area contributed by atoms with Gasteiger partial charge in [-0.1, -0.05) is 19.9 Å². The summed E-state index contributed by atoms with van der Waals surface area (Å²) in [5.41, 5.74) is 1.06. The minimum absolute atomic E-state index is 0. The molecule has 0 radical (unpaired) electrons. The molecule has 1 aliphatic heterocycles. The molecule has 24 heavy (non-hydrogen) atoms. The first-order valence-corrected chi connectivity index (χ1v) is 8.26. The Bertz CT molecular complexity index is 535. The monoisotopic (exact) mass is 445 g/mol. The van der Waals surface area contributed by atoms with Crippen molar-refractivity contribution in [2.24, 2.45) is 10.9 Å². The number of halogens is 1. The van der Waals surface area contributed by atoms with Crippen LogP contribution in [0.1, 0.15) is 26.0 Å². The summed E-state index contributed by atoms with van der Waals surface area (Å²) < 4.78 is 0. The van der Waals surface area contributed by atoms with E-state index in [9.17, 15) is 4.79 Å². The molecule has 0 saturated carbocycles. The van der Waals surface area contributed by atoms with Crippen LogP contribution in [0.3, 0.4) is 0 Å². The molecule has 0 spiro atoms. The van der Waals surface area contributed by atoms with Crippen molar-refractivity contribution < 1.29 is 4.79 Å². The van der Waals surface area contributed by atoms with Gasteiger partial charge in [-0.3, -0.25) is 14.8 Å². The molecule has 134 valence electrons. The number of nitrogens with zero attached hydrogens (tertiary/aromatic N) is 3. The van der Waals surface area contributed by atoms with Crippen LogP contribution in [0.4, 0.5) is 0 Å². The molecule has 1 amide bonds. The number of guanidine groups is 1. The highest BCUT2D eigenvalue weighted by atomic mass is 127. The van der Waals surface area contributed by atoms with E-state index >= 15 is 0 Å². The van der Waals surface area contributed by atoms with E-state index in [1.807, 2.05) is 36.9 Å². The fourth-order valence-electron chi connectivity index (χ4n) is 2.69. The second-order valence-electron chi connectivity index (χ2n) is 6.14. The topological polar surface area (TPSA) is 69.6 Å². The predicted octanol–water partition coefficient (Wildman–Crippen LogP) is 1.66.